The molecule has 1 amide bonds. The number of aliphatic hydroxyl groups is 2. The van der Waals surface area contributed by atoms with Crippen LogP contribution in [0.2, 0.25) is 0 Å². The van der Waals surface area contributed by atoms with Crippen LogP contribution in [0.15, 0.2) is 58.6 Å². The normalized spacial score (nSPS) is 17.9. The van der Waals surface area contributed by atoms with Crippen molar-refractivity contribution in [1.82, 2.24) is 4.90 Å². The number of ether oxygens (including phenoxy) is 1. The van der Waals surface area contributed by atoms with Crippen molar-refractivity contribution in [2.75, 3.05) is 26.4 Å². The second-order valence-corrected chi connectivity index (χ2v) is 7.60. The molecule has 0 radical (unpaired) electrons. The summed E-state index contributed by atoms with van der Waals surface area (Å²) in [6, 6.07) is 11.2. The summed E-state index contributed by atoms with van der Waals surface area (Å²) in [4.78, 5) is 37.2. The number of hydrogen-bond donors (Lipinski definition) is 2. The van der Waals surface area contributed by atoms with Crippen molar-refractivity contribution >= 4 is 39.1 Å². The number of halogens is 1. The third-order valence-electron chi connectivity index (χ3n) is 4.77. The first-order chi connectivity index (χ1) is 14.8. The zero-order chi connectivity index (χ0) is 22.5. The Bertz CT molecular complexity index is 1040. The van der Waals surface area contributed by atoms with E-state index in [1.54, 1.807) is 24.3 Å². The van der Waals surface area contributed by atoms with Crippen LogP contribution in [-0.2, 0) is 14.3 Å². The molecule has 1 saturated heterocycles. The fraction of sp³-hybridized carbons (Fsp3) is 0.238. The minimum Gasteiger partial charge on any atom is -0.507 e. The van der Waals surface area contributed by atoms with E-state index in [0.717, 1.165) is 4.47 Å². The molecular formula is C21H19BrN2O7. The molecule has 162 valence electrons. The number of nitro benzene ring substituents is 1. The number of nitro groups is 1. The first kappa shape index (κ1) is 22.6. The molecule has 0 aliphatic carbocycles. The number of Topliss-reactive ketones (excluding diaryl/α,β-unsaturated/α-hetero) is 1. The SMILES string of the molecule is O=C1C(=O)N(CCOCCO)[C@@H](c2cccc(Br)c2)/C1=C(\O)c1ccc([N+](=O)[O-])cc1. The van der Waals surface area contributed by atoms with Crippen molar-refractivity contribution in [2.24, 2.45) is 0 Å². The van der Waals surface area contributed by atoms with Crippen LogP contribution in [0.1, 0.15) is 17.2 Å². The van der Waals surface area contributed by atoms with Gasteiger partial charge in [-0.3, -0.25) is 19.7 Å². The Balaban J connectivity index is 2.06. The van der Waals surface area contributed by atoms with E-state index in [-0.39, 0.29) is 43.2 Å². The first-order valence-electron chi connectivity index (χ1n) is 9.32. The zero-order valence-electron chi connectivity index (χ0n) is 16.2. The Labute approximate surface area is 185 Å². The molecule has 0 unspecified atom stereocenters. The summed E-state index contributed by atoms with van der Waals surface area (Å²) in [6.45, 7) is 0.0801. The zero-order valence-corrected chi connectivity index (χ0v) is 17.8. The van der Waals surface area contributed by atoms with Crippen LogP contribution in [0.25, 0.3) is 5.76 Å². The summed E-state index contributed by atoms with van der Waals surface area (Å²) in [6.07, 6.45) is 0. The molecule has 1 aliphatic rings. The number of hydrogen-bond acceptors (Lipinski definition) is 7. The molecule has 1 heterocycles. The summed E-state index contributed by atoms with van der Waals surface area (Å²) in [5.41, 5.74) is 0.500. The summed E-state index contributed by atoms with van der Waals surface area (Å²) in [5.74, 6) is -2.07. The van der Waals surface area contributed by atoms with Gasteiger partial charge in [-0.1, -0.05) is 28.1 Å². The highest BCUT2D eigenvalue weighted by Gasteiger charge is 2.45. The summed E-state index contributed by atoms with van der Waals surface area (Å²) >= 11 is 3.37. The van der Waals surface area contributed by atoms with Crippen molar-refractivity contribution in [3.8, 4) is 0 Å². The van der Waals surface area contributed by atoms with E-state index in [1.165, 1.54) is 29.2 Å². The van der Waals surface area contributed by atoms with Gasteiger partial charge in [0, 0.05) is 28.7 Å². The van der Waals surface area contributed by atoms with Gasteiger partial charge in [0.2, 0.25) is 0 Å². The van der Waals surface area contributed by atoms with Gasteiger partial charge in [0.25, 0.3) is 17.4 Å². The van der Waals surface area contributed by atoms with Crippen molar-refractivity contribution in [1.29, 1.82) is 0 Å². The van der Waals surface area contributed by atoms with Gasteiger partial charge in [-0.05, 0) is 29.8 Å². The highest BCUT2D eigenvalue weighted by Crippen LogP contribution is 2.40. The average molecular weight is 491 g/mol. The number of carbonyl (C=O) groups excluding carboxylic acids is 2. The van der Waals surface area contributed by atoms with Gasteiger partial charge in [0.15, 0.2) is 0 Å². The third-order valence-corrected chi connectivity index (χ3v) is 5.26. The van der Waals surface area contributed by atoms with Gasteiger partial charge in [0.1, 0.15) is 5.76 Å². The number of non-ortho nitro benzene ring substituents is 1. The molecule has 0 bridgehead atoms. The van der Waals surface area contributed by atoms with Crippen molar-refractivity contribution in [3.63, 3.8) is 0 Å². The largest absolute Gasteiger partial charge is 0.507 e. The number of rotatable bonds is 8. The highest BCUT2D eigenvalue weighted by atomic mass is 79.9. The Morgan fingerprint density at radius 1 is 1.16 bits per heavy atom. The predicted molar refractivity (Wildman–Crippen MR) is 114 cm³/mol. The Hall–Kier alpha value is -3.08. The maximum Gasteiger partial charge on any atom is 0.295 e. The fourth-order valence-electron chi connectivity index (χ4n) is 3.36. The Morgan fingerprint density at radius 2 is 1.87 bits per heavy atom. The van der Waals surface area contributed by atoms with E-state index in [9.17, 15) is 24.8 Å². The number of benzene rings is 2. The molecule has 1 aliphatic heterocycles. The van der Waals surface area contributed by atoms with Crippen LogP contribution in [-0.4, -0.2) is 58.1 Å². The fourth-order valence-corrected chi connectivity index (χ4v) is 3.78. The molecule has 0 saturated carbocycles. The first-order valence-corrected chi connectivity index (χ1v) is 10.1. The molecule has 3 rings (SSSR count). The van der Waals surface area contributed by atoms with Crippen LogP contribution in [0.4, 0.5) is 5.69 Å². The second kappa shape index (κ2) is 9.82. The van der Waals surface area contributed by atoms with Crippen LogP contribution in [0, 0.1) is 10.1 Å². The van der Waals surface area contributed by atoms with Crippen LogP contribution >= 0.6 is 15.9 Å². The summed E-state index contributed by atoms with van der Waals surface area (Å²) < 4.78 is 5.97. The quantitative estimate of drug-likeness (QED) is 0.145. The minimum atomic E-state index is -0.870. The maximum absolute atomic E-state index is 12.9. The number of ketones is 1. The van der Waals surface area contributed by atoms with E-state index in [4.69, 9.17) is 9.84 Å². The molecule has 0 aromatic heterocycles. The minimum absolute atomic E-state index is 0.0682. The molecule has 2 aromatic rings. The lowest BCUT2D eigenvalue weighted by Crippen LogP contribution is -2.33. The second-order valence-electron chi connectivity index (χ2n) is 6.69. The van der Waals surface area contributed by atoms with E-state index in [2.05, 4.69) is 15.9 Å². The van der Waals surface area contributed by atoms with Crippen LogP contribution in [0.5, 0.6) is 0 Å². The Kier molecular flexibility index (Phi) is 7.16. The molecule has 2 aromatic carbocycles. The lowest BCUT2D eigenvalue weighted by Gasteiger charge is -2.25. The van der Waals surface area contributed by atoms with E-state index < -0.39 is 28.4 Å². The molecular weight excluding hydrogens is 472 g/mol. The average Bonchev–Trinajstić information content (AvgIpc) is 3.01. The number of aliphatic hydroxyl groups excluding tert-OH is 2. The summed E-state index contributed by atoms with van der Waals surface area (Å²) in [5, 5.41) is 30.6. The summed E-state index contributed by atoms with van der Waals surface area (Å²) in [7, 11) is 0. The number of nitrogens with zero attached hydrogens (tertiary/aromatic N) is 2. The van der Waals surface area contributed by atoms with Crippen LogP contribution in [0.3, 0.4) is 0 Å². The van der Waals surface area contributed by atoms with Gasteiger partial charge in [-0.25, -0.2) is 0 Å². The Morgan fingerprint density at radius 3 is 2.48 bits per heavy atom. The monoisotopic (exact) mass is 490 g/mol. The molecule has 2 N–H and O–H groups in total. The van der Waals surface area contributed by atoms with Gasteiger partial charge in [-0.2, -0.15) is 0 Å². The van der Waals surface area contributed by atoms with Gasteiger partial charge < -0.3 is 19.8 Å². The molecule has 10 heteroatoms. The van der Waals surface area contributed by atoms with Crippen molar-refractivity contribution < 1.29 is 29.5 Å². The van der Waals surface area contributed by atoms with Gasteiger partial charge >= 0.3 is 0 Å². The van der Waals surface area contributed by atoms with Crippen molar-refractivity contribution in [3.05, 3.63) is 79.8 Å². The highest BCUT2D eigenvalue weighted by molar-refractivity contribution is 9.10. The molecule has 1 fully saturated rings. The van der Waals surface area contributed by atoms with Crippen LogP contribution < -0.4 is 0 Å². The number of amides is 1. The van der Waals surface area contributed by atoms with Gasteiger partial charge in [0.05, 0.1) is 36.4 Å². The maximum atomic E-state index is 12.9. The lowest BCUT2D eigenvalue weighted by atomic mass is 9.95. The predicted octanol–water partition coefficient (Wildman–Crippen LogP) is 2.79. The van der Waals surface area contributed by atoms with E-state index in [0.29, 0.717) is 5.56 Å². The van der Waals surface area contributed by atoms with Crippen molar-refractivity contribution in [2.45, 2.75) is 6.04 Å². The molecule has 9 nitrogen and oxygen atoms in total. The molecule has 31 heavy (non-hydrogen) atoms. The standard InChI is InChI=1S/C21H19BrN2O7/c22-15-3-1-2-14(12-15)18-17(19(26)13-4-6-16(7-5-13)24(29)30)20(27)21(28)23(18)8-10-31-11-9-25/h1-7,12,18,25-26H,8-11H2/b19-17+/t18-/m0/s1. The smallest absolute Gasteiger partial charge is 0.295 e. The number of likely N-dealkylation sites (tertiary alicyclic amines) is 1. The van der Waals surface area contributed by atoms with E-state index >= 15 is 0 Å². The lowest BCUT2D eigenvalue weighted by molar-refractivity contribution is -0.384. The topological polar surface area (TPSA) is 130 Å². The molecule has 0 spiro atoms. The van der Waals surface area contributed by atoms with E-state index in [1.807, 2.05) is 0 Å². The third kappa shape index (κ3) is 4.82. The molecule has 1 atom stereocenters. The van der Waals surface area contributed by atoms with Gasteiger partial charge in [-0.15, -0.1) is 0 Å². The number of carbonyl (C=O) groups is 2.